The zero-order valence-electron chi connectivity index (χ0n) is 23.4. The van der Waals surface area contributed by atoms with Crippen LogP contribution >= 0.6 is 0 Å². The van der Waals surface area contributed by atoms with Crippen molar-refractivity contribution in [2.24, 2.45) is 5.92 Å². The maximum atomic E-state index is 13.0. The van der Waals surface area contributed by atoms with Crippen LogP contribution in [0.15, 0.2) is 48.6 Å². The molecular formula is C28H33N5O9. The molecule has 0 fully saturated rings. The number of benzene rings is 1. The first kappa shape index (κ1) is 31.8. The maximum Gasteiger partial charge on any atom is 0.253 e. The number of hydrogen-bond acceptors (Lipinski definition) is 9. The van der Waals surface area contributed by atoms with Crippen molar-refractivity contribution < 1.29 is 43.4 Å². The largest absolute Gasteiger partial charge is 0.392 e. The number of aliphatic hydroxyl groups excluding tert-OH is 1. The molecule has 14 heteroatoms. The Morgan fingerprint density at radius 1 is 0.786 bits per heavy atom. The highest BCUT2D eigenvalue weighted by Gasteiger charge is 2.33. The molecule has 14 nitrogen and oxygen atoms in total. The summed E-state index contributed by atoms with van der Waals surface area (Å²) in [6.45, 7) is 3.46. The Hall–Kier alpha value is -4.69. The summed E-state index contributed by atoms with van der Waals surface area (Å²) in [5, 5.41) is 16.9. The van der Waals surface area contributed by atoms with E-state index in [2.05, 4.69) is 16.0 Å². The quantitative estimate of drug-likeness (QED) is 0.199. The van der Waals surface area contributed by atoms with Gasteiger partial charge in [-0.15, -0.1) is 0 Å². The molecule has 0 aromatic heterocycles. The van der Waals surface area contributed by atoms with Gasteiger partial charge in [-0.1, -0.05) is 26.0 Å². The molecule has 0 radical (unpaired) electrons. The van der Waals surface area contributed by atoms with Gasteiger partial charge in [0, 0.05) is 30.0 Å². The highest BCUT2D eigenvalue weighted by molar-refractivity contribution is 6.13. The summed E-state index contributed by atoms with van der Waals surface area (Å²) < 4.78 is 5.61. The van der Waals surface area contributed by atoms with Crippen LogP contribution in [0.3, 0.4) is 0 Å². The highest BCUT2D eigenvalue weighted by atomic mass is 16.5. The molecule has 42 heavy (non-hydrogen) atoms. The molecule has 0 aliphatic carbocycles. The van der Waals surface area contributed by atoms with Gasteiger partial charge in [0.2, 0.25) is 17.7 Å². The van der Waals surface area contributed by atoms with E-state index < -0.39 is 66.1 Å². The van der Waals surface area contributed by atoms with Gasteiger partial charge in [0.1, 0.15) is 18.7 Å². The molecule has 1 aromatic rings. The Kier molecular flexibility index (Phi) is 10.8. The number of hydrogen-bond donors (Lipinski definition) is 4. The average Bonchev–Trinajstić information content (AvgIpc) is 3.44. The SMILES string of the molecule is CC(C)[C@H](NC(=O)COC(CN1C(=O)C=CC1=O)CN1C(=O)C=CC1=O)C(=O)N[C@@H](C)C(=O)Nc1ccc(CO)cc1. The Bertz CT molecular complexity index is 1230. The second-order valence-corrected chi connectivity index (χ2v) is 10.0. The minimum absolute atomic E-state index is 0.140. The fourth-order valence-corrected chi connectivity index (χ4v) is 4.05. The molecule has 0 saturated carbocycles. The Labute approximate surface area is 241 Å². The van der Waals surface area contributed by atoms with Crippen LogP contribution in [0.5, 0.6) is 0 Å². The van der Waals surface area contributed by atoms with Crippen LogP contribution in [0.1, 0.15) is 26.3 Å². The van der Waals surface area contributed by atoms with Gasteiger partial charge in [0.05, 0.1) is 25.8 Å². The highest BCUT2D eigenvalue weighted by Crippen LogP contribution is 2.12. The third-order valence-corrected chi connectivity index (χ3v) is 6.45. The molecule has 2 heterocycles. The van der Waals surface area contributed by atoms with Gasteiger partial charge in [-0.05, 0) is 30.5 Å². The smallest absolute Gasteiger partial charge is 0.253 e. The van der Waals surface area contributed by atoms with Crippen molar-refractivity contribution in [1.82, 2.24) is 20.4 Å². The summed E-state index contributed by atoms with van der Waals surface area (Å²) in [6, 6.07) is 4.51. The number of nitrogens with zero attached hydrogens (tertiary/aromatic N) is 2. The monoisotopic (exact) mass is 583 g/mol. The first-order chi connectivity index (χ1) is 19.9. The van der Waals surface area contributed by atoms with Crippen LogP contribution < -0.4 is 16.0 Å². The van der Waals surface area contributed by atoms with Gasteiger partial charge in [0.15, 0.2) is 0 Å². The van der Waals surface area contributed by atoms with Crippen molar-refractivity contribution >= 4 is 47.0 Å². The van der Waals surface area contributed by atoms with Crippen LogP contribution in [0.25, 0.3) is 0 Å². The van der Waals surface area contributed by atoms with Crippen molar-refractivity contribution in [1.29, 1.82) is 0 Å². The number of imide groups is 2. The molecule has 7 amide bonds. The number of carbonyl (C=O) groups excluding carboxylic acids is 7. The number of rotatable bonds is 14. The topological polar surface area (TPSA) is 192 Å². The van der Waals surface area contributed by atoms with Crippen LogP contribution in [-0.4, -0.2) is 94.1 Å². The molecule has 0 spiro atoms. The fraction of sp³-hybridized carbons (Fsp3) is 0.393. The lowest BCUT2D eigenvalue weighted by molar-refractivity contribution is -0.143. The average molecular weight is 584 g/mol. The van der Waals surface area contributed by atoms with Crippen LogP contribution in [0.2, 0.25) is 0 Å². The van der Waals surface area contributed by atoms with Crippen LogP contribution in [0.4, 0.5) is 5.69 Å². The Balaban J connectivity index is 1.57. The van der Waals surface area contributed by atoms with E-state index in [4.69, 9.17) is 9.84 Å². The summed E-state index contributed by atoms with van der Waals surface area (Å²) in [4.78, 5) is 88.1. The van der Waals surface area contributed by atoms with Gasteiger partial charge >= 0.3 is 0 Å². The Morgan fingerprint density at radius 2 is 1.29 bits per heavy atom. The van der Waals surface area contributed by atoms with Crippen molar-refractivity contribution in [2.45, 2.75) is 45.6 Å². The summed E-state index contributed by atoms with van der Waals surface area (Å²) in [7, 11) is 0. The number of carbonyl (C=O) groups is 7. The second-order valence-electron chi connectivity index (χ2n) is 10.0. The number of ether oxygens (including phenoxy) is 1. The standard InChI is InChI=1S/C28H33N5O9/c1-16(2)26(28(41)29-17(3)27(40)30-19-6-4-18(14-34)5-7-19)31-21(35)15-42-20(12-32-22(36)8-9-23(32)37)13-33-24(38)10-11-25(33)39/h4-11,16-17,20,26,34H,12-15H2,1-3H3,(H,29,41)(H,30,40)(H,31,35)/t17-,26-/m0/s1. The maximum absolute atomic E-state index is 13.0. The van der Waals surface area contributed by atoms with Crippen molar-refractivity contribution in [3.63, 3.8) is 0 Å². The lowest BCUT2D eigenvalue weighted by Gasteiger charge is -2.27. The molecule has 4 N–H and O–H groups in total. The summed E-state index contributed by atoms with van der Waals surface area (Å²) >= 11 is 0. The van der Waals surface area contributed by atoms with Gasteiger partial charge in [0.25, 0.3) is 23.6 Å². The van der Waals surface area contributed by atoms with Crippen molar-refractivity contribution in [3.05, 3.63) is 54.1 Å². The first-order valence-electron chi connectivity index (χ1n) is 13.2. The zero-order chi connectivity index (χ0) is 31.0. The van der Waals surface area contributed by atoms with Gasteiger partial charge in [-0.3, -0.25) is 43.4 Å². The van der Waals surface area contributed by atoms with Crippen LogP contribution in [0, 0.1) is 5.92 Å². The number of anilines is 1. The van der Waals surface area contributed by atoms with E-state index in [1.54, 1.807) is 38.1 Å². The summed E-state index contributed by atoms with van der Waals surface area (Å²) in [6.07, 6.45) is 3.19. The zero-order valence-corrected chi connectivity index (χ0v) is 23.4. The van der Waals surface area contributed by atoms with Crippen molar-refractivity contribution in [2.75, 3.05) is 25.0 Å². The molecule has 2 aliphatic rings. The normalized spacial score (nSPS) is 16.0. The van der Waals surface area contributed by atoms with E-state index in [1.165, 1.54) is 6.92 Å². The molecule has 224 valence electrons. The van der Waals surface area contributed by atoms with Gasteiger partial charge in [-0.25, -0.2) is 0 Å². The Morgan fingerprint density at radius 3 is 1.74 bits per heavy atom. The van der Waals surface area contributed by atoms with E-state index in [9.17, 15) is 33.6 Å². The van der Waals surface area contributed by atoms with E-state index in [0.29, 0.717) is 11.3 Å². The van der Waals surface area contributed by atoms with Gasteiger partial charge in [-0.2, -0.15) is 0 Å². The number of amides is 7. The third-order valence-electron chi connectivity index (χ3n) is 6.45. The summed E-state index contributed by atoms with van der Waals surface area (Å²) in [5.74, 6) is -4.64. The fourth-order valence-electron chi connectivity index (χ4n) is 4.05. The van der Waals surface area contributed by atoms with Crippen molar-refractivity contribution in [3.8, 4) is 0 Å². The van der Waals surface area contributed by atoms with Crippen LogP contribution in [-0.2, 0) is 44.9 Å². The van der Waals surface area contributed by atoms with E-state index in [-0.39, 0.29) is 25.6 Å². The lowest BCUT2D eigenvalue weighted by Crippen LogP contribution is -2.54. The summed E-state index contributed by atoms with van der Waals surface area (Å²) in [5.41, 5.74) is 1.14. The number of aliphatic hydroxyl groups is 1. The number of nitrogens with one attached hydrogen (secondary N) is 3. The third kappa shape index (κ3) is 8.41. The lowest BCUT2D eigenvalue weighted by atomic mass is 10.0. The molecular weight excluding hydrogens is 550 g/mol. The second kappa shape index (κ2) is 14.3. The molecule has 2 aliphatic heterocycles. The minimum Gasteiger partial charge on any atom is -0.392 e. The van der Waals surface area contributed by atoms with E-state index in [1.807, 2.05) is 0 Å². The molecule has 0 saturated heterocycles. The molecule has 1 aromatic carbocycles. The predicted octanol–water partition coefficient (Wildman–Crippen LogP) is -1.00. The molecule has 2 atom stereocenters. The first-order valence-corrected chi connectivity index (χ1v) is 13.2. The van der Waals surface area contributed by atoms with E-state index >= 15 is 0 Å². The van der Waals surface area contributed by atoms with Gasteiger partial charge < -0.3 is 25.8 Å². The molecule has 0 unspecified atom stereocenters. The molecule has 0 bridgehead atoms. The minimum atomic E-state index is -1.09. The molecule has 3 rings (SSSR count). The van der Waals surface area contributed by atoms with E-state index in [0.717, 1.165) is 34.1 Å². The predicted molar refractivity (Wildman–Crippen MR) is 147 cm³/mol.